The van der Waals surface area contributed by atoms with Crippen molar-refractivity contribution >= 4 is 17.7 Å². The van der Waals surface area contributed by atoms with Crippen molar-refractivity contribution in [1.29, 1.82) is 0 Å². The fraction of sp³-hybridized carbons (Fsp3) is 0.364. The van der Waals surface area contributed by atoms with E-state index in [1.54, 1.807) is 13.0 Å². The van der Waals surface area contributed by atoms with Crippen LogP contribution in [-0.4, -0.2) is 29.9 Å². The van der Waals surface area contributed by atoms with Crippen LogP contribution in [0.1, 0.15) is 17.3 Å². The van der Waals surface area contributed by atoms with E-state index < -0.39 is 6.10 Å². The SMILES string of the molecule is CSc1ccccc1C(=O)NC[C@@H](C)O. The molecule has 0 bridgehead atoms. The van der Waals surface area contributed by atoms with E-state index in [2.05, 4.69) is 5.32 Å². The molecule has 0 aliphatic carbocycles. The van der Waals surface area contributed by atoms with E-state index in [1.807, 2.05) is 24.5 Å². The summed E-state index contributed by atoms with van der Waals surface area (Å²) in [6.45, 7) is 1.92. The fourth-order valence-corrected chi connectivity index (χ4v) is 1.76. The lowest BCUT2D eigenvalue weighted by Gasteiger charge is -2.09. The molecular weight excluding hydrogens is 210 g/mol. The molecule has 0 heterocycles. The Balaban J connectivity index is 2.72. The number of aliphatic hydroxyl groups excluding tert-OH is 1. The molecule has 0 saturated heterocycles. The quantitative estimate of drug-likeness (QED) is 0.764. The molecular formula is C11H15NO2S. The molecule has 1 amide bonds. The number of rotatable bonds is 4. The smallest absolute Gasteiger partial charge is 0.252 e. The van der Waals surface area contributed by atoms with Crippen molar-refractivity contribution < 1.29 is 9.90 Å². The lowest BCUT2D eigenvalue weighted by Crippen LogP contribution is -2.30. The summed E-state index contributed by atoms with van der Waals surface area (Å²) < 4.78 is 0. The third kappa shape index (κ3) is 3.57. The van der Waals surface area contributed by atoms with Gasteiger partial charge >= 0.3 is 0 Å². The van der Waals surface area contributed by atoms with E-state index >= 15 is 0 Å². The van der Waals surface area contributed by atoms with Crippen LogP contribution in [0.25, 0.3) is 0 Å². The second-order valence-corrected chi connectivity index (χ2v) is 4.11. The maximum atomic E-state index is 11.7. The van der Waals surface area contributed by atoms with Crippen LogP contribution in [0.2, 0.25) is 0 Å². The van der Waals surface area contributed by atoms with E-state index in [0.29, 0.717) is 5.56 Å². The molecule has 0 unspecified atom stereocenters. The maximum Gasteiger partial charge on any atom is 0.252 e. The van der Waals surface area contributed by atoms with Gasteiger partial charge in [-0.25, -0.2) is 0 Å². The molecule has 0 saturated carbocycles. The highest BCUT2D eigenvalue weighted by Gasteiger charge is 2.09. The first-order valence-electron chi connectivity index (χ1n) is 4.74. The van der Waals surface area contributed by atoms with Crippen molar-refractivity contribution in [1.82, 2.24) is 5.32 Å². The average molecular weight is 225 g/mol. The first-order chi connectivity index (χ1) is 7.15. The van der Waals surface area contributed by atoms with Gasteiger partial charge in [-0.2, -0.15) is 0 Å². The molecule has 0 spiro atoms. The molecule has 0 aliphatic heterocycles. The summed E-state index contributed by atoms with van der Waals surface area (Å²) in [5, 5.41) is 11.7. The molecule has 1 atom stereocenters. The maximum absolute atomic E-state index is 11.7. The van der Waals surface area contributed by atoms with Gasteiger partial charge in [0.25, 0.3) is 5.91 Å². The van der Waals surface area contributed by atoms with Gasteiger partial charge in [-0.15, -0.1) is 11.8 Å². The zero-order valence-corrected chi connectivity index (χ0v) is 9.67. The minimum Gasteiger partial charge on any atom is -0.392 e. The summed E-state index contributed by atoms with van der Waals surface area (Å²) in [5.41, 5.74) is 0.658. The van der Waals surface area contributed by atoms with Gasteiger partial charge in [-0.1, -0.05) is 12.1 Å². The second-order valence-electron chi connectivity index (χ2n) is 3.26. The van der Waals surface area contributed by atoms with Crippen LogP contribution >= 0.6 is 11.8 Å². The number of carbonyl (C=O) groups excluding carboxylic acids is 1. The highest BCUT2D eigenvalue weighted by Crippen LogP contribution is 2.19. The minimum absolute atomic E-state index is 0.138. The van der Waals surface area contributed by atoms with Crippen LogP contribution in [0.3, 0.4) is 0 Å². The average Bonchev–Trinajstić information content (AvgIpc) is 2.25. The summed E-state index contributed by atoms with van der Waals surface area (Å²) in [4.78, 5) is 12.6. The first-order valence-corrected chi connectivity index (χ1v) is 5.97. The second kappa shape index (κ2) is 5.78. The zero-order valence-electron chi connectivity index (χ0n) is 8.86. The normalized spacial score (nSPS) is 12.2. The summed E-state index contributed by atoms with van der Waals surface area (Å²) in [6.07, 6.45) is 1.41. The molecule has 1 aromatic carbocycles. The molecule has 3 nitrogen and oxygen atoms in total. The summed E-state index contributed by atoms with van der Waals surface area (Å²) in [7, 11) is 0. The van der Waals surface area contributed by atoms with Crippen molar-refractivity contribution in [3.05, 3.63) is 29.8 Å². The molecule has 1 rings (SSSR count). The largest absolute Gasteiger partial charge is 0.392 e. The summed E-state index contributed by atoms with van der Waals surface area (Å²) >= 11 is 1.53. The van der Waals surface area contributed by atoms with Crippen LogP contribution in [0.4, 0.5) is 0 Å². The van der Waals surface area contributed by atoms with Gasteiger partial charge in [0.1, 0.15) is 0 Å². The zero-order chi connectivity index (χ0) is 11.3. The molecule has 4 heteroatoms. The highest BCUT2D eigenvalue weighted by atomic mass is 32.2. The Kier molecular flexibility index (Phi) is 4.65. The topological polar surface area (TPSA) is 49.3 Å². The molecule has 15 heavy (non-hydrogen) atoms. The Labute approximate surface area is 93.9 Å². The van der Waals surface area contributed by atoms with Gasteiger partial charge in [0.05, 0.1) is 11.7 Å². The van der Waals surface area contributed by atoms with Crippen molar-refractivity contribution in [3.63, 3.8) is 0 Å². The Bertz CT molecular complexity index is 339. The first kappa shape index (κ1) is 12.1. The van der Waals surface area contributed by atoms with Crippen molar-refractivity contribution in [3.8, 4) is 0 Å². The third-order valence-electron chi connectivity index (χ3n) is 1.91. The lowest BCUT2D eigenvalue weighted by molar-refractivity contribution is 0.0921. The van der Waals surface area contributed by atoms with Gasteiger partial charge in [0.15, 0.2) is 0 Å². The Hall–Kier alpha value is -1.00. The lowest BCUT2D eigenvalue weighted by atomic mass is 10.2. The molecule has 0 fully saturated rings. The summed E-state index contributed by atoms with van der Waals surface area (Å²) in [6, 6.07) is 7.42. The molecule has 2 N–H and O–H groups in total. The summed E-state index contributed by atoms with van der Waals surface area (Å²) in [5.74, 6) is -0.138. The molecule has 0 aliphatic rings. The standard InChI is InChI=1S/C11H15NO2S/c1-8(13)7-12-11(14)9-5-3-4-6-10(9)15-2/h3-6,8,13H,7H2,1-2H3,(H,12,14)/t8-/m1/s1. The van der Waals surface area contributed by atoms with Gasteiger partial charge in [0.2, 0.25) is 0 Å². The van der Waals surface area contributed by atoms with Gasteiger partial charge in [-0.05, 0) is 25.3 Å². The predicted molar refractivity (Wildman–Crippen MR) is 62.2 cm³/mol. The fourth-order valence-electron chi connectivity index (χ4n) is 1.17. The number of benzene rings is 1. The highest BCUT2D eigenvalue weighted by molar-refractivity contribution is 7.98. The van der Waals surface area contributed by atoms with E-state index in [9.17, 15) is 4.79 Å². The Morgan fingerprint density at radius 2 is 2.20 bits per heavy atom. The molecule has 0 aromatic heterocycles. The molecule has 1 aromatic rings. The van der Waals surface area contributed by atoms with E-state index in [1.165, 1.54) is 11.8 Å². The molecule has 82 valence electrons. The third-order valence-corrected chi connectivity index (χ3v) is 2.71. The Morgan fingerprint density at radius 3 is 2.80 bits per heavy atom. The van der Waals surface area contributed by atoms with E-state index in [0.717, 1.165) is 4.90 Å². The van der Waals surface area contributed by atoms with Gasteiger partial charge in [-0.3, -0.25) is 4.79 Å². The van der Waals surface area contributed by atoms with Crippen LogP contribution in [0.15, 0.2) is 29.2 Å². The van der Waals surface area contributed by atoms with Crippen LogP contribution in [0, 0.1) is 0 Å². The van der Waals surface area contributed by atoms with Crippen LogP contribution in [0.5, 0.6) is 0 Å². The Morgan fingerprint density at radius 1 is 1.53 bits per heavy atom. The number of nitrogens with one attached hydrogen (secondary N) is 1. The van der Waals surface area contributed by atoms with Crippen molar-refractivity contribution in [2.24, 2.45) is 0 Å². The number of hydrogen-bond acceptors (Lipinski definition) is 3. The van der Waals surface area contributed by atoms with Gasteiger partial charge in [0, 0.05) is 11.4 Å². The molecule has 0 radical (unpaired) electrons. The van der Waals surface area contributed by atoms with Crippen LogP contribution in [-0.2, 0) is 0 Å². The number of thioether (sulfide) groups is 1. The van der Waals surface area contributed by atoms with E-state index in [-0.39, 0.29) is 12.5 Å². The predicted octanol–water partition coefficient (Wildman–Crippen LogP) is 1.52. The number of hydrogen-bond donors (Lipinski definition) is 2. The van der Waals surface area contributed by atoms with E-state index in [4.69, 9.17) is 5.11 Å². The van der Waals surface area contributed by atoms with Gasteiger partial charge < -0.3 is 10.4 Å². The number of carbonyl (C=O) groups is 1. The van der Waals surface area contributed by atoms with Crippen LogP contribution < -0.4 is 5.32 Å². The number of aliphatic hydroxyl groups is 1. The van der Waals surface area contributed by atoms with Crippen molar-refractivity contribution in [2.45, 2.75) is 17.9 Å². The number of amides is 1. The monoisotopic (exact) mass is 225 g/mol. The van der Waals surface area contributed by atoms with Crippen molar-refractivity contribution in [2.75, 3.05) is 12.8 Å². The minimum atomic E-state index is -0.518.